The lowest BCUT2D eigenvalue weighted by molar-refractivity contribution is 0.594. The Kier molecular flexibility index (Phi) is 2.16. The van der Waals surface area contributed by atoms with E-state index in [-0.39, 0.29) is 0 Å². The fourth-order valence-corrected chi connectivity index (χ4v) is 3.41. The first-order chi connectivity index (χ1) is 8.92. The molecule has 0 N–H and O–H groups in total. The average Bonchev–Trinajstić information content (AvgIpc) is 2.57. The van der Waals surface area contributed by atoms with Crippen LogP contribution in [0.1, 0.15) is 19.3 Å². The molecule has 0 radical (unpaired) electrons. The lowest BCUT2D eigenvalue weighted by atomic mass is 9.77. The van der Waals surface area contributed by atoms with Gasteiger partial charge >= 0.3 is 0 Å². The molecule has 0 saturated heterocycles. The van der Waals surface area contributed by atoms with Crippen molar-refractivity contribution in [2.24, 2.45) is 5.92 Å². The molecule has 0 heteroatoms. The van der Waals surface area contributed by atoms with Gasteiger partial charge in [0.05, 0.1) is 0 Å². The van der Waals surface area contributed by atoms with E-state index in [2.05, 4.69) is 54.6 Å². The molecular formula is C18H16. The van der Waals surface area contributed by atoms with Crippen molar-refractivity contribution in [3.8, 4) is 0 Å². The SMILES string of the molecule is C1=CC2CCCC3=C2C(=C1)C=c1ccccc1=C3. The Morgan fingerprint density at radius 3 is 2.72 bits per heavy atom. The van der Waals surface area contributed by atoms with Crippen molar-refractivity contribution in [2.45, 2.75) is 19.3 Å². The van der Waals surface area contributed by atoms with Crippen LogP contribution in [0.25, 0.3) is 12.2 Å². The molecule has 0 spiro atoms. The summed E-state index contributed by atoms with van der Waals surface area (Å²) in [6, 6.07) is 8.72. The van der Waals surface area contributed by atoms with Gasteiger partial charge in [-0.3, -0.25) is 0 Å². The lowest BCUT2D eigenvalue weighted by Crippen LogP contribution is -2.23. The van der Waals surface area contributed by atoms with Gasteiger partial charge in [0.2, 0.25) is 0 Å². The zero-order valence-electron chi connectivity index (χ0n) is 10.4. The van der Waals surface area contributed by atoms with Crippen LogP contribution in [0.5, 0.6) is 0 Å². The summed E-state index contributed by atoms with van der Waals surface area (Å²) in [7, 11) is 0. The summed E-state index contributed by atoms with van der Waals surface area (Å²) in [6.07, 6.45) is 15.5. The fourth-order valence-electron chi connectivity index (χ4n) is 3.41. The number of benzene rings is 1. The third-order valence-electron chi connectivity index (χ3n) is 4.24. The predicted molar refractivity (Wildman–Crippen MR) is 76.2 cm³/mol. The van der Waals surface area contributed by atoms with Crippen LogP contribution in [0.3, 0.4) is 0 Å². The molecule has 4 rings (SSSR count). The molecule has 0 nitrogen and oxygen atoms in total. The third-order valence-corrected chi connectivity index (χ3v) is 4.24. The number of fused-ring (bicyclic) bond motifs is 1. The van der Waals surface area contributed by atoms with Crippen LogP contribution in [-0.4, -0.2) is 0 Å². The molecule has 0 bridgehead atoms. The number of rotatable bonds is 0. The second-order valence-electron chi connectivity index (χ2n) is 5.36. The van der Waals surface area contributed by atoms with Gasteiger partial charge in [-0.15, -0.1) is 0 Å². The van der Waals surface area contributed by atoms with Gasteiger partial charge in [-0.2, -0.15) is 0 Å². The molecule has 0 heterocycles. The van der Waals surface area contributed by atoms with Crippen LogP contribution in [0, 0.1) is 5.92 Å². The Bertz CT molecular complexity index is 711. The van der Waals surface area contributed by atoms with E-state index in [1.165, 1.54) is 35.3 Å². The fraction of sp³-hybridized carbons (Fsp3) is 0.222. The monoisotopic (exact) mass is 232 g/mol. The van der Waals surface area contributed by atoms with Gasteiger partial charge < -0.3 is 0 Å². The van der Waals surface area contributed by atoms with Crippen LogP contribution >= 0.6 is 0 Å². The third kappa shape index (κ3) is 1.45. The van der Waals surface area contributed by atoms with Gasteiger partial charge in [0, 0.05) is 5.92 Å². The van der Waals surface area contributed by atoms with Crippen LogP contribution in [0.2, 0.25) is 0 Å². The lowest BCUT2D eigenvalue weighted by Gasteiger charge is -2.28. The van der Waals surface area contributed by atoms with Crippen molar-refractivity contribution in [1.29, 1.82) is 0 Å². The predicted octanol–water partition coefficient (Wildman–Crippen LogP) is 2.85. The zero-order valence-corrected chi connectivity index (χ0v) is 10.4. The second-order valence-corrected chi connectivity index (χ2v) is 5.36. The molecule has 1 atom stereocenters. The molecule has 3 aliphatic carbocycles. The molecular weight excluding hydrogens is 216 g/mol. The van der Waals surface area contributed by atoms with E-state index >= 15 is 0 Å². The molecule has 88 valence electrons. The molecule has 3 aliphatic rings. The van der Waals surface area contributed by atoms with Crippen molar-refractivity contribution in [3.63, 3.8) is 0 Å². The molecule has 1 aromatic rings. The highest BCUT2D eigenvalue weighted by molar-refractivity contribution is 5.71. The van der Waals surface area contributed by atoms with Gasteiger partial charge in [-0.05, 0) is 52.5 Å². The first-order valence-electron chi connectivity index (χ1n) is 6.82. The minimum Gasteiger partial charge on any atom is -0.0770 e. The van der Waals surface area contributed by atoms with E-state index in [4.69, 9.17) is 0 Å². The summed E-state index contributed by atoms with van der Waals surface area (Å²) in [5, 5.41) is 2.73. The Hall–Kier alpha value is -1.82. The first-order valence-corrected chi connectivity index (χ1v) is 6.82. The Morgan fingerprint density at radius 2 is 1.83 bits per heavy atom. The van der Waals surface area contributed by atoms with Crippen LogP contribution in [0.15, 0.2) is 59.2 Å². The van der Waals surface area contributed by atoms with Gasteiger partial charge in [-0.1, -0.05) is 48.6 Å². The minimum atomic E-state index is 0.649. The summed E-state index contributed by atoms with van der Waals surface area (Å²) in [5.41, 5.74) is 4.57. The Labute approximate surface area is 107 Å². The zero-order chi connectivity index (χ0) is 11.9. The number of hydrogen-bond donors (Lipinski definition) is 0. The maximum atomic E-state index is 2.41. The van der Waals surface area contributed by atoms with Crippen molar-refractivity contribution in [1.82, 2.24) is 0 Å². The van der Waals surface area contributed by atoms with Crippen LogP contribution in [0.4, 0.5) is 0 Å². The van der Waals surface area contributed by atoms with E-state index in [1.54, 1.807) is 11.1 Å². The molecule has 0 saturated carbocycles. The van der Waals surface area contributed by atoms with E-state index in [1.807, 2.05) is 0 Å². The smallest absolute Gasteiger partial charge is 0.00298 e. The average molecular weight is 232 g/mol. The molecule has 1 aromatic carbocycles. The number of allylic oxidation sites excluding steroid dienone is 6. The standard InChI is InChI=1S/C18H16/c1-2-6-15-12-17-10-4-8-13-7-3-9-16(18(13)17)11-14(15)5-1/h1-3,5-7,9,11-13H,4,8,10H2. The first kappa shape index (κ1) is 10.1. The highest BCUT2D eigenvalue weighted by atomic mass is 14.3. The van der Waals surface area contributed by atoms with Gasteiger partial charge in [0.1, 0.15) is 0 Å². The summed E-state index contributed by atoms with van der Waals surface area (Å²) < 4.78 is 0. The summed E-state index contributed by atoms with van der Waals surface area (Å²) >= 11 is 0. The van der Waals surface area contributed by atoms with E-state index in [0.29, 0.717) is 5.92 Å². The van der Waals surface area contributed by atoms with Crippen LogP contribution < -0.4 is 10.4 Å². The van der Waals surface area contributed by atoms with Gasteiger partial charge in [-0.25, -0.2) is 0 Å². The van der Waals surface area contributed by atoms with Crippen molar-refractivity contribution < 1.29 is 0 Å². The molecule has 18 heavy (non-hydrogen) atoms. The van der Waals surface area contributed by atoms with Crippen molar-refractivity contribution in [3.05, 3.63) is 69.7 Å². The van der Waals surface area contributed by atoms with E-state index < -0.39 is 0 Å². The second kappa shape index (κ2) is 3.84. The van der Waals surface area contributed by atoms with E-state index in [9.17, 15) is 0 Å². The van der Waals surface area contributed by atoms with Crippen LogP contribution in [-0.2, 0) is 0 Å². The van der Waals surface area contributed by atoms with Gasteiger partial charge in [0.25, 0.3) is 0 Å². The molecule has 1 unspecified atom stereocenters. The van der Waals surface area contributed by atoms with E-state index in [0.717, 1.165) is 0 Å². The quantitative estimate of drug-likeness (QED) is 0.645. The number of hydrogen-bond acceptors (Lipinski definition) is 0. The largest absolute Gasteiger partial charge is 0.0770 e. The minimum absolute atomic E-state index is 0.649. The van der Waals surface area contributed by atoms with Crippen molar-refractivity contribution in [2.75, 3.05) is 0 Å². The molecule has 0 amide bonds. The van der Waals surface area contributed by atoms with Crippen molar-refractivity contribution >= 4 is 12.2 Å². The normalized spacial score (nSPS) is 24.2. The van der Waals surface area contributed by atoms with Gasteiger partial charge in [0.15, 0.2) is 0 Å². The Balaban J connectivity index is 2.08. The highest BCUT2D eigenvalue weighted by Crippen LogP contribution is 2.39. The summed E-state index contributed by atoms with van der Waals surface area (Å²) in [6.45, 7) is 0. The molecule has 0 fully saturated rings. The highest BCUT2D eigenvalue weighted by Gasteiger charge is 2.24. The molecule has 0 aliphatic heterocycles. The summed E-state index contributed by atoms with van der Waals surface area (Å²) in [4.78, 5) is 0. The Morgan fingerprint density at radius 1 is 1.00 bits per heavy atom. The molecule has 0 aromatic heterocycles. The maximum Gasteiger partial charge on any atom is 0.00298 e. The summed E-state index contributed by atoms with van der Waals surface area (Å²) in [5.74, 6) is 0.649. The maximum absolute atomic E-state index is 2.41. The topological polar surface area (TPSA) is 0 Å².